The van der Waals surface area contributed by atoms with Crippen molar-refractivity contribution in [1.29, 1.82) is 0 Å². The zero-order chi connectivity index (χ0) is 15.5. The van der Waals surface area contributed by atoms with Gasteiger partial charge in [0.2, 0.25) is 5.96 Å². The second-order valence-corrected chi connectivity index (χ2v) is 4.57. The zero-order valence-corrected chi connectivity index (χ0v) is 13.2. The van der Waals surface area contributed by atoms with Gasteiger partial charge in [0, 0.05) is 44.7 Å². The van der Waals surface area contributed by atoms with Crippen LogP contribution in [0, 0.1) is 0 Å². The number of nitrogens with zero attached hydrogens (tertiary/aromatic N) is 2. The molecule has 6 heteroatoms. The third kappa shape index (κ3) is 6.01. The Morgan fingerprint density at radius 1 is 1.24 bits per heavy atom. The molecule has 0 radical (unpaired) electrons. The summed E-state index contributed by atoms with van der Waals surface area (Å²) in [5.41, 5.74) is 4.74. The molecule has 0 spiro atoms. The molecule has 6 nitrogen and oxygen atoms in total. The van der Waals surface area contributed by atoms with Gasteiger partial charge in [-0.15, -0.1) is 0 Å². The fraction of sp³-hybridized carbons (Fsp3) is 0.533. The van der Waals surface area contributed by atoms with Crippen LogP contribution < -0.4 is 21.5 Å². The first-order valence-corrected chi connectivity index (χ1v) is 7.37. The standard InChI is InChI=1S/C15H27N5O/c1-4-20(5-2)14-9-7-13(8-10-14)18-15(19-16)17-11-6-12-21-3/h7-10H,4-6,11-12,16H2,1-3H3,(H2,17,18,19). The number of benzene rings is 1. The topological polar surface area (TPSA) is 74.9 Å². The van der Waals surface area contributed by atoms with Gasteiger partial charge in [0.05, 0.1) is 0 Å². The van der Waals surface area contributed by atoms with E-state index in [-0.39, 0.29) is 0 Å². The normalized spacial score (nSPS) is 11.3. The van der Waals surface area contributed by atoms with Crippen LogP contribution in [0.25, 0.3) is 0 Å². The molecule has 118 valence electrons. The number of guanidine groups is 1. The molecule has 21 heavy (non-hydrogen) atoms. The first kappa shape index (κ1) is 17.3. The van der Waals surface area contributed by atoms with Crippen LogP contribution in [-0.2, 0) is 4.74 Å². The SMILES string of the molecule is CCN(CC)c1ccc(NC(=NCCCOC)NN)cc1. The van der Waals surface area contributed by atoms with Crippen molar-refractivity contribution in [1.82, 2.24) is 5.43 Å². The number of hydrazine groups is 1. The van der Waals surface area contributed by atoms with Gasteiger partial charge in [-0.05, 0) is 44.5 Å². The number of hydrogen-bond donors (Lipinski definition) is 3. The van der Waals surface area contributed by atoms with Crippen LogP contribution in [0.4, 0.5) is 11.4 Å². The van der Waals surface area contributed by atoms with Crippen LogP contribution in [0.3, 0.4) is 0 Å². The first-order valence-electron chi connectivity index (χ1n) is 7.37. The lowest BCUT2D eigenvalue weighted by molar-refractivity contribution is 0.197. The van der Waals surface area contributed by atoms with Gasteiger partial charge in [-0.2, -0.15) is 0 Å². The molecule has 0 aliphatic carbocycles. The van der Waals surface area contributed by atoms with Crippen molar-refractivity contribution in [2.75, 3.05) is 43.6 Å². The van der Waals surface area contributed by atoms with Crippen LogP contribution in [0.2, 0.25) is 0 Å². The van der Waals surface area contributed by atoms with Gasteiger partial charge >= 0.3 is 0 Å². The minimum atomic E-state index is 0.557. The van der Waals surface area contributed by atoms with Gasteiger partial charge in [-0.3, -0.25) is 10.4 Å². The van der Waals surface area contributed by atoms with E-state index in [0.717, 1.165) is 25.2 Å². The molecular weight excluding hydrogens is 266 g/mol. The summed E-state index contributed by atoms with van der Waals surface area (Å²) in [5, 5.41) is 3.16. The van der Waals surface area contributed by atoms with Crippen molar-refractivity contribution in [3.8, 4) is 0 Å². The van der Waals surface area contributed by atoms with Crippen LogP contribution in [-0.4, -0.2) is 39.3 Å². The average molecular weight is 293 g/mol. The zero-order valence-electron chi connectivity index (χ0n) is 13.2. The fourth-order valence-corrected chi connectivity index (χ4v) is 2.00. The highest BCUT2D eigenvalue weighted by molar-refractivity contribution is 5.93. The lowest BCUT2D eigenvalue weighted by Gasteiger charge is -2.21. The van der Waals surface area contributed by atoms with E-state index in [9.17, 15) is 0 Å². The molecule has 0 amide bonds. The molecule has 0 atom stereocenters. The molecular formula is C15H27N5O. The maximum Gasteiger partial charge on any atom is 0.210 e. The molecule has 0 aromatic heterocycles. The number of aliphatic imine (C=N–C) groups is 1. The molecule has 0 aliphatic rings. The summed E-state index contributed by atoms with van der Waals surface area (Å²) in [6.07, 6.45) is 0.865. The fourth-order valence-electron chi connectivity index (χ4n) is 2.00. The third-order valence-electron chi connectivity index (χ3n) is 3.17. The van der Waals surface area contributed by atoms with Crippen molar-refractivity contribution in [2.45, 2.75) is 20.3 Å². The van der Waals surface area contributed by atoms with E-state index in [1.165, 1.54) is 5.69 Å². The van der Waals surface area contributed by atoms with E-state index >= 15 is 0 Å². The summed E-state index contributed by atoms with van der Waals surface area (Å²) in [6.45, 7) is 7.66. The Labute approximate surface area is 127 Å². The molecule has 0 bridgehead atoms. The molecule has 1 rings (SSSR count). The Morgan fingerprint density at radius 3 is 2.43 bits per heavy atom. The molecule has 4 N–H and O–H groups in total. The maximum atomic E-state index is 5.47. The van der Waals surface area contributed by atoms with E-state index in [1.54, 1.807) is 7.11 Å². The lowest BCUT2D eigenvalue weighted by atomic mass is 10.2. The van der Waals surface area contributed by atoms with Gasteiger partial charge < -0.3 is 15.0 Å². The van der Waals surface area contributed by atoms with Crippen LogP contribution >= 0.6 is 0 Å². The molecule has 0 unspecified atom stereocenters. The average Bonchev–Trinajstić information content (AvgIpc) is 2.53. The molecule has 0 fully saturated rings. The summed E-state index contributed by atoms with van der Waals surface area (Å²) in [4.78, 5) is 6.64. The maximum absolute atomic E-state index is 5.47. The van der Waals surface area contributed by atoms with E-state index in [0.29, 0.717) is 19.1 Å². The number of nitrogens with two attached hydrogens (primary N) is 1. The predicted molar refractivity (Wildman–Crippen MR) is 89.7 cm³/mol. The molecule has 0 saturated heterocycles. The van der Waals surface area contributed by atoms with Gasteiger partial charge in [0.25, 0.3) is 0 Å². The number of hydrogen-bond acceptors (Lipinski definition) is 4. The van der Waals surface area contributed by atoms with Gasteiger partial charge in [0.1, 0.15) is 0 Å². The number of rotatable bonds is 8. The van der Waals surface area contributed by atoms with Crippen LogP contribution in [0.1, 0.15) is 20.3 Å². The Balaban J connectivity index is 2.60. The van der Waals surface area contributed by atoms with Crippen molar-refractivity contribution >= 4 is 17.3 Å². The van der Waals surface area contributed by atoms with E-state index in [4.69, 9.17) is 10.6 Å². The first-order chi connectivity index (χ1) is 10.2. The van der Waals surface area contributed by atoms with Gasteiger partial charge in [-0.25, -0.2) is 5.84 Å². The highest BCUT2D eigenvalue weighted by Gasteiger charge is 2.02. The van der Waals surface area contributed by atoms with Crippen molar-refractivity contribution < 1.29 is 4.74 Å². The largest absolute Gasteiger partial charge is 0.385 e. The summed E-state index contributed by atoms with van der Waals surface area (Å²) in [6, 6.07) is 8.23. The van der Waals surface area contributed by atoms with Crippen molar-refractivity contribution in [3.05, 3.63) is 24.3 Å². The van der Waals surface area contributed by atoms with E-state index in [2.05, 4.69) is 46.6 Å². The second-order valence-electron chi connectivity index (χ2n) is 4.57. The smallest absolute Gasteiger partial charge is 0.210 e. The van der Waals surface area contributed by atoms with E-state index < -0.39 is 0 Å². The summed E-state index contributed by atoms with van der Waals surface area (Å²) >= 11 is 0. The van der Waals surface area contributed by atoms with Crippen LogP contribution in [0.15, 0.2) is 29.3 Å². The predicted octanol–water partition coefficient (Wildman–Crippen LogP) is 1.80. The van der Waals surface area contributed by atoms with E-state index in [1.807, 2.05) is 12.1 Å². The molecule has 0 saturated carbocycles. The number of nitrogens with one attached hydrogen (secondary N) is 2. The third-order valence-corrected chi connectivity index (χ3v) is 3.17. The lowest BCUT2D eigenvalue weighted by Crippen LogP contribution is -2.36. The Kier molecular flexibility index (Phi) is 8.23. The highest BCUT2D eigenvalue weighted by atomic mass is 16.5. The minimum Gasteiger partial charge on any atom is -0.385 e. The Morgan fingerprint density at radius 2 is 1.90 bits per heavy atom. The van der Waals surface area contributed by atoms with Crippen molar-refractivity contribution in [2.24, 2.45) is 10.8 Å². The minimum absolute atomic E-state index is 0.557. The molecule has 1 aromatic carbocycles. The monoisotopic (exact) mass is 293 g/mol. The molecule has 0 heterocycles. The van der Waals surface area contributed by atoms with Gasteiger partial charge in [-0.1, -0.05) is 0 Å². The second kappa shape index (κ2) is 10.0. The molecule has 0 aliphatic heterocycles. The summed E-state index contributed by atoms with van der Waals surface area (Å²) in [5.74, 6) is 6.03. The van der Waals surface area contributed by atoms with Crippen molar-refractivity contribution in [3.63, 3.8) is 0 Å². The summed E-state index contributed by atoms with van der Waals surface area (Å²) in [7, 11) is 1.68. The number of anilines is 2. The molecule has 1 aromatic rings. The number of ether oxygens (including phenoxy) is 1. The quantitative estimate of drug-likeness (QED) is 0.224. The Bertz CT molecular complexity index is 415. The number of methoxy groups -OCH3 is 1. The van der Waals surface area contributed by atoms with Gasteiger partial charge in [0.15, 0.2) is 0 Å². The summed E-state index contributed by atoms with van der Waals surface area (Å²) < 4.78 is 4.99. The Hall–Kier alpha value is -1.79. The van der Waals surface area contributed by atoms with Crippen LogP contribution in [0.5, 0.6) is 0 Å². The highest BCUT2D eigenvalue weighted by Crippen LogP contribution is 2.17.